The van der Waals surface area contributed by atoms with Gasteiger partial charge in [-0.1, -0.05) is 42.1 Å². The average molecular weight is 472 g/mol. The Morgan fingerprint density at radius 2 is 1.62 bits per heavy atom. The summed E-state index contributed by atoms with van der Waals surface area (Å²) in [7, 11) is 0. The minimum atomic E-state index is 0.0559. The monoisotopic (exact) mass is 471 g/mol. The fourth-order valence-corrected chi connectivity index (χ4v) is 4.99. The Bertz CT molecular complexity index is 1290. The number of aromatic nitrogens is 1. The van der Waals surface area contributed by atoms with Crippen molar-refractivity contribution in [3.05, 3.63) is 89.5 Å². The van der Waals surface area contributed by atoms with Crippen LogP contribution < -0.4 is 4.90 Å². The molecule has 1 aromatic heterocycles. The summed E-state index contributed by atoms with van der Waals surface area (Å²) in [6.45, 7) is 4.39. The van der Waals surface area contributed by atoms with Gasteiger partial charge in [0.1, 0.15) is 5.52 Å². The predicted molar refractivity (Wildman–Crippen MR) is 135 cm³/mol. The van der Waals surface area contributed by atoms with Crippen molar-refractivity contribution in [2.45, 2.75) is 17.9 Å². The lowest BCUT2D eigenvalue weighted by atomic mass is 10.1. The lowest BCUT2D eigenvalue weighted by Gasteiger charge is -2.36. The number of piperazine rings is 1. The van der Waals surface area contributed by atoms with Crippen LogP contribution in [0.3, 0.4) is 0 Å². The number of anilines is 1. The number of fused-ring (bicyclic) bond motifs is 1. The van der Waals surface area contributed by atoms with Crippen LogP contribution in [-0.4, -0.2) is 47.8 Å². The van der Waals surface area contributed by atoms with E-state index in [-0.39, 0.29) is 11.7 Å². The van der Waals surface area contributed by atoms with Gasteiger partial charge in [-0.2, -0.15) is 0 Å². The van der Waals surface area contributed by atoms with Crippen molar-refractivity contribution in [1.82, 2.24) is 9.88 Å². The highest BCUT2D eigenvalue weighted by Crippen LogP contribution is 2.28. The van der Waals surface area contributed by atoms with Crippen LogP contribution in [0, 0.1) is 0 Å². The minimum absolute atomic E-state index is 0.0559. The van der Waals surface area contributed by atoms with Gasteiger partial charge >= 0.3 is 0 Å². The fourth-order valence-electron chi connectivity index (χ4n) is 4.15. The SMILES string of the molecule is CC(=O)c1ccc(N2CCN(C(=O)c3ccccc3CSc3nc4ccccc4o3)CC2)cc1. The highest BCUT2D eigenvalue weighted by molar-refractivity contribution is 7.98. The van der Waals surface area contributed by atoms with E-state index in [2.05, 4.69) is 9.88 Å². The number of thioether (sulfide) groups is 1. The quantitative estimate of drug-likeness (QED) is 0.281. The number of Topliss-reactive ketones (excluding diaryl/α,β-unsaturated/α-hetero) is 1. The standard InChI is InChI=1S/C27H25N3O3S/c1-19(31)20-10-12-22(13-11-20)29-14-16-30(17-15-29)26(32)23-7-3-2-6-21(23)18-34-27-28-24-8-4-5-9-25(24)33-27/h2-13H,14-18H2,1H3. The molecule has 0 atom stereocenters. The van der Waals surface area contributed by atoms with Crippen LogP contribution in [-0.2, 0) is 5.75 Å². The summed E-state index contributed by atoms with van der Waals surface area (Å²) in [5.74, 6) is 0.729. The number of oxazole rings is 1. The lowest BCUT2D eigenvalue weighted by molar-refractivity contribution is 0.0745. The van der Waals surface area contributed by atoms with E-state index in [1.165, 1.54) is 11.8 Å². The second kappa shape index (κ2) is 9.73. The molecule has 4 aromatic rings. The summed E-state index contributed by atoms with van der Waals surface area (Å²) in [6, 6.07) is 23.1. The third-order valence-electron chi connectivity index (χ3n) is 6.08. The predicted octanol–water partition coefficient (Wildman–Crippen LogP) is 5.29. The summed E-state index contributed by atoms with van der Waals surface area (Å²) in [5.41, 5.74) is 5.09. The van der Waals surface area contributed by atoms with Gasteiger partial charge in [0, 0.05) is 48.7 Å². The van der Waals surface area contributed by atoms with Crippen LogP contribution in [0.15, 0.2) is 82.4 Å². The molecule has 0 radical (unpaired) electrons. The molecule has 7 heteroatoms. The number of hydrogen-bond donors (Lipinski definition) is 0. The Balaban J connectivity index is 1.23. The van der Waals surface area contributed by atoms with E-state index >= 15 is 0 Å². The fraction of sp³-hybridized carbons (Fsp3) is 0.222. The normalized spacial score (nSPS) is 13.9. The molecular weight excluding hydrogens is 446 g/mol. The molecular formula is C27H25N3O3S. The molecule has 6 nitrogen and oxygen atoms in total. The van der Waals surface area contributed by atoms with E-state index < -0.39 is 0 Å². The van der Waals surface area contributed by atoms with Gasteiger partial charge in [-0.15, -0.1) is 0 Å². The number of rotatable bonds is 6. The van der Waals surface area contributed by atoms with E-state index in [9.17, 15) is 9.59 Å². The van der Waals surface area contributed by atoms with Crippen molar-refractivity contribution in [3.8, 4) is 0 Å². The van der Waals surface area contributed by atoms with Crippen molar-refractivity contribution in [1.29, 1.82) is 0 Å². The molecule has 0 aliphatic carbocycles. The second-order valence-corrected chi connectivity index (χ2v) is 9.20. The maximum Gasteiger partial charge on any atom is 0.257 e. The first kappa shape index (κ1) is 22.2. The van der Waals surface area contributed by atoms with Crippen molar-refractivity contribution < 1.29 is 14.0 Å². The van der Waals surface area contributed by atoms with Gasteiger partial charge in [-0.3, -0.25) is 9.59 Å². The summed E-state index contributed by atoms with van der Waals surface area (Å²) in [4.78, 5) is 33.6. The van der Waals surface area contributed by atoms with Crippen molar-refractivity contribution >= 4 is 40.2 Å². The third-order valence-corrected chi connectivity index (χ3v) is 6.96. The molecule has 0 bridgehead atoms. The Labute approximate surface area is 202 Å². The zero-order chi connectivity index (χ0) is 23.5. The van der Waals surface area contributed by atoms with Crippen LogP contribution in [0.1, 0.15) is 33.2 Å². The summed E-state index contributed by atoms with van der Waals surface area (Å²) in [6.07, 6.45) is 0. The molecule has 34 heavy (non-hydrogen) atoms. The van der Waals surface area contributed by atoms with Crippen molar-refractivity contribution in [3.63, 3.8) is 0 Å². The van der Waals surface area contributed by atoms with Crippen LogP contribution in [0.25, 0.3) is 11.1 Å². The number of carbonyl (C=O) groups is 2. The Morgan fingerprint density at radius 3 is 2.35 bits per heavy atom. The number of para-hydroxylation sites is 2. The number of ketones is 1. The third kappa shape index (κ3) is 4.70. The number of carbonyl (C=O) groups excluding carboxylic acids is 2. The topological polar surface area (TPSA) is 66.7 Å². The molecule has 0 N–H and O–H groups in total. The summed E-state index contributed by atoms with van der Waals surface area (Å²) < 4.78 is 5.81. The smallest absolute Gasteiger partial charge is 0.257 e. The van der Waals surface area contributed by atoms with Crippen molar-refractivity contribution in [2.75, 3.05) is 31.1 Å². The molecule has 172 valence electrons. The van der Waals surface area contributed by atoms with Gasteiger partial charge in [-0.05, 0) is 55.0 Å². The average Bonchev–Trinajstić information content (AvgIpc) is 3.30. The Hall–Kier alpha value is -3.58. The first-order valence-corrected chi connectivity index (χ1v) is 12.3. The van der Waals surface area contributed by atoms with Gasteiger partial charge < -0.3 is 14.2 Å². The molecule has 1 amide bonds. The van der Waals surface area contributed by atoms with Gasteiger partial charge in [0.25, 0.3) is 11.1 Å². The molecule has 0 spiro atoms. The first-order valence-electron chi connectivity index (χ1n) is 11.3. The number of amides is 1. The summed E-state index contributed by atoms with van der Waals surface area (Å²) in [5, 5.41) is 0.604. The minimum Gasteiger partial charge on any atom is -0.431 e. The van der Waals surface area contributed by atoms with Crippen LogP contribution >= 0.6 is 11.8 Å². The molecule has 1 aliphatic heterocycles. The van der Waals surface area contributed by atoms with Crippen LogP contribution in [0.4, 0.5) is 5.69 Å². The van der Waals surface area contributed by atoms with E-state index in [0.717, 1.165) is 41.0 Å². The zero-order valence-corrected chi connectivity index (χ0v) is 19.8. The number of nitrogens with zero attached hydrogens (tertiary/aromatic N) is 3. The van der Waals surface area contributed by atoms with Crippen LogP contribution in [0.5, 0.6) is 0 Å². The molecule has 1 fully saturated rings. The van der Waals surface area contributed by atoms with Gasteiger partial charge in [0.05, 0.1) is 0 Å². The zero-order valence-electron chi connectivity index (χ0n) is 18.9. The van der Waals surface area contributed by atoms with E-state index in [1.54, 1.807) is 6.92 Å². The molecule has 1 aliphatic rings. The van der Waals surface area contributed by atoms with Gasteiger partial charge in [0.2, 0.25) is 0 Å². The highest BCUT2D eigenvalue weighted by Gasteiger charge is 2.24. The maximum absolute atomic E-state index is 13.4. The summed E-state index contributed by atoms with van der Waals surface area (Å²) >= 11 is 1.50. The molecule has 3 aromatic carbocycles. The van der Waals surface area contributed by atoms with Crippen molar-refractivity contribution in [2.24, 2.45) is 0 Å². The van der Waals surface area contributed by atoms with Crippen LogP contribution in [0.2, 0.25) is 0 Å². The largest absolute Gasteiger partial charge is 0.431 e. The maximum atomic E-state index is 13.4. The molecule has 5 rings (SSSR count). The molecule has 2 heterocycles. The molecule has 1 saturated heterocycles. The van der Waals surface area contributed by atoms with E-state index in [1.807, 2.05) is 77.7 Å². The number of hydrogen-bond acceptors (Lipinski definition) is 6. The van der Waals surface area contributed by atoms with E-state index in [0.29, 0.717) is 29.6 Å². The van der Waals surface area contributed by atoms with Gasteiger partial charge in [0.15, 0.2) is 11.4 Å². The number of benzene rings is 3. The Morgan fingerprint density at radius 1 is 0.912 bits per heavy atom. The molecule has 0 saturated carbocycles. The highest BCUT2D eigenvalue weighted by atomic mass is 32.2. The lowest BCUT2D eigenvalue weighted by Crippen LogP contribution is -2.49. The Kier molecular flexibility index (Phi) is 6.36. The second-order valence-electron chi connectivity index (χ2n) is 8.28. The first-order chi connectivity index (χ1) is 16.6. The van der Waals surface area contributed by atoms with Gasteiger partial charge in [-0.25, -0.2) is 4.98 Å². The molecule has 0 unspecified atom stereocenters. The van der Waals surface area contributed by atoms with E-state index in [4.69, 9.17) is 4.42 Å².